The average Bonchev–Trinajstić information content (AvgIpc) is 2.72. The summed E-state index contributed by atoms with van der Waals surface area (Å²) < 4.78 is 11.1. The first-order valence-corrected chi connectivity index (χ1v) is 7.09. The van der Waals surface area contributed by atoms with Gasteiger partial charge >= 0.3 is 0 Å². The van der Waals surface area contributed by atoms with Gasteiger partial charge < -0.3 is 14.5 Å². The van der Waals surface area contributed by atoms with Gasteiger partial charge in [0.25, 0.3) is 0 Å². The number of ether oxygens (including phenoxy) is 1. The van der Waals surface area contributed by atoms with E-state index in [1.54, 1.807) is 7.11 Å². The third-order valence-electron chi connectivity index (χ3n) is 3.18. The van der Waals surface area contributed by atoms with Crippen molar-refractivity contribution in [2.45, 2.75) is 46.8 Å². The van der Waals surface area contributed by atoms with Crippen molar-refractivity contribution in [3.63, 3.8) is 0 Å². The van der Waals surface area contributed by atoms with Crippen LogP contribution in [-0.2, 0) is 17.8 Å². The molecule has 0 fully saturated rings. The zero-order chi connectivity index (χ0) is 14.3. The minimum atomic E-state index is 0.474. The molecule has 0 spiro atoms. The average molecular weight is 268 g/mol. The highest BCUT2D eigenvalue weighted by Crippen LogP contribution is 2.16. The first-order chi connectivity index (χ1) is 9.06. The smallest absolute Gasteiger partial charge is 0.120 e. The Morgan fingerprint density at radius 3 is 2.74 bits per heavy atom. The van der Waals surface area contributed by atoms with E-state index in [1.165, 1.54) is 5.56 Å². The first kappa shape index (κ1) is 16.2. The summed E-state index contributed by atoms with van der Waals surface area (Å²) in [6.07, 6.45) is 0. The van der Waals surface area contributed by atoms with Crippen LogP contribution in [0.5, 0.6) is 0 Å². The molecule has 1 aromatic heterocycles. The predicted molar refractivity (Wildman–Crippen MR) is 78.2 cm³/mol. The molecule has 4 heteroatoms. The van der Waals surface area contributed by atoms with Gasteiger partial charge in [-0.3, -0.25) is 4.90 Å². The van der Waals surface area contributed by atoms with Crippen LogP contribution in [0.2, 0.25) is 0 Å². The molecule has 0 radical (unpaired) electrons. The number of furan rings is 1. The molecular weight excluding hydrogens is 240 g/mol. The van der Waals surface area contributed by atoms with Crippen molar-refractivity contribution in [3.05, 3.63) is 23.2 Å². The van der Waals surface area contributed by atoms with Crippen LogP contribution >= 0.6 is 0 Å². The van der Waals surface area contributed by atoms with E-state index in [2.05, 4.69) is 44.0 Å². The molecule has 0 saturated carbocycles. The highest BCUT2D eigenvalue weighted by Gasteiger charge is 2.11. The molecule has 0 aliphatic heterocycles. The second kappa shape index (κ2) is 8.35. The SMILES string of the molecule is CCN(CCOC)Cc1cc(C)c(CNC(C)C)o1. The third-order valence-corrected chi connectivity index (χ3v) is 3.18. The minimum Gasteiger partial charge on any atom is -0.463 e. The Bertz CT molecular complexity index is 361. The number of rotatable bonds is 9. The van der Waals surface area contributed by atoms with Crippen molar-refractivity contribution < 1.29 is 9.15 Å². The fourth-order valence-electron chi connectivity index (χ4n) is 1.93. The number of methoxy groups -OCH3 is 1. The van der Waals surface area contributed by atoms with Gasteiger partial charge in [0.2, 0.25) is 0 Å². The monoisotopic (exact) mass is 268 g/mol. The predicted octanol–water partition coefficient (Wildman–Crippen LogP) is 2.55. The van der Waals surface area contributed by atoms with Crippen LogP contribution in [0.3, 0.4) is 0 Å². The molecule has 1 heterocycles. The number of hydrogen-bond acceptors (Lipinski definition) is 4. The zero-order valence-electron chi connectivity index (χ0n) is 13.0. The van der Waals surface area contributed by atoms with E-state index < -0.39 is 0 Å². The molecule has 1 rings (SSSR count). The van der Waals surface area contributed by atoms with E-state index in [4.69, 9.17) is 9.15 Å². The Hall–Kier alpha value is -0.840. The summed E-state index contributed by atoms with van der Waals surface area (Å²) in [6, 6.07) is 2.62. The lowest BCUT2D eigenvalue weighted by Crippen LogP contribution is -2.26. The van der Waals surface area contributed by atoms with Crippen LogP contribution < -0.4 is 5.32 Å². The summed E-state index contributed by atoms with van der Waals surface area (Å²) in [5.74, 6) is 2.09. The van der Waals surface area contributed by atoms with Crippen molar-refractivity contribution in [2.75, 3.05) is 26.8 Å². The maximum atomic E-state index is 5.93. The maximum Gasteiger partial charge on any atom is 0.120 e. The standard InChI is InChI=1S/C15H28N2O2/c1-6-17(7-8-18-5)11-14-9-13(4)15(19-14)10-16-12(2)3/h9,12,16H,6-8,10-11H2,1-5H3. The summed E-state index contributed by atoms with van der Waals surface area (Å²) >= 11 is 0. The molecule has 4 nitrogen and oxygen atoms in total. The molecule has 0 aliphatic carbocycles. The van der Waals surface area contributed by atoms with Gasteiger partial charge in [0.1, 0.15) is 11.5 Å². The lowest BCUT2D eigenvalue weighted by atomic mass is 10.2. The Morgan fingerprint density at radius 1 is 1.42 bits per heavy atom. The van der Waals surface area contributed by atoms with Crippen molar-refractivity contribution in [2.24, 2.45) is 0 Å². The van der Waals surface area contributed by atoms with Crippen molar-refractivity contribution in [1.82, 2.24) is 10.2 Å². The van der Waals surface area contributed by atoms with Crippen LogP contribution in [0.25, 0.3) is 0 Å². The van der Waals surface area contributed by atoms with E-state index >= 15 is 0 Å². The van der Waals surface area contributed by atoms with Crippen molar-refractivity contribution in [3.8, 4) is 0 Å². The fraction of sp³-hybridized carbons (Fsp3) is 0.733. The molecule has 0 unspecified atom stereocenters. The lowest BCUT2D eigenvalue weighted by molar-refractivity contribution is 0.142. The van der Waals surface area contributed by atoms with Gasteiger partial charge in [-0.05, 0) is 25.1 Å². The molecule has 0 atom stereocenters. The highest BCUT2D eigenvalue weighted by atomic mass is 16.5. The molecule has 1 N–H and O–H groups in total. The van der Waals surface area contributed by atoms with Gasteiger partial charge in [-0.25, -0.2) is 0 Å². The molecule has 0 aromatic carbocycles. The van der Waals surface area contributed by atoms with Gasteiger partial charge in [0.15, 0.2) is 0 Å². The quantitative estimate of drug-likeness (QED) is 0.747. The molecule has 19 heavy (non-hydrogen) atoms. The van der Waals surface area contributed by atoms with E-state index in [0.717, 1.165) is 44.3 Å². The van der Waals surface area contributed by atoms with Crippen LogP contribution in [0.4, 0.5) is 0 Å². The third kappa shape index (κ3) is 5.76. The molecule has 0 aliphatic rings. The Morgan fingerprint density at radius 2 is 2.16 bits per heavy atom. The fourth-order valence-corrected chi connectivity index (χ4v) is 1.93. The van der Waals surface area contributed by atoms with Crippen molar-refractivity contribution in [1.29, 1.82) is 0 Å². The van der Waals surface area contributed by atoms with E-state index in [9.17, 15) is 0 Å². The molecule has 0 saturated heterocycles. The largest absolute Gasteiger partial charge is 0.463 e. The number of aryl methyl sites for hydroxylation is 1. The number of nitrogens with zero attached hydrogens (tertiary/aromatic N) is 1. The lowest BCUT2D eigenvalue weighted by Gasteiger charge is -2.18. The molecular formula is C15H28N2O2. The van der Waals surface area contributed by atoms with Gasteiger partial charge in [-0.1, -0.05) is 20.8 Å². The normalized spacial score (nSPS) is 11.7. The topological polar surface area (TPSA) is 37.6 Å². The first-order valence-electron chi connectivity index (χ1n) is 7.09. The highest BCUT2D eigenvalue weighted by molar-refractivity contribution is 5.20. The van der Waals surface area contributed by atoms with Gasteiger partial charge in [-0.2, -0.15) is 0 Å². The summed E-state index contributed by atoms with van der Waals surface area (Å²) in [6.45, 7) is 12.9. The van der Waals surface area contributed by atoms with Crippen LogP contribution in [0, 0.1) is 6.92 Å². The Kier molecular flexibility index (Phi) is 7.13. The van der Waals surface area contributed by atoms with Crippen LogP contribution in [0.1, 0.15) is 37.9 Å². The Labute approximate surface area is 117 Å². The van der Waals surface area contributed by atoms with Gasteiger partial charge in [0, 0.05) is 19.7 Å². The summed E-state index contributed by atoms with van der Waals surface area (Å²) in [5, 5.41) is 3.39. The van der Waals surface area contributed by atoms with Gasteiger partial charge in [-0.15, -0.1) is 0 Å². The molecule has 0 amide bonds. The Balaban J connectivity index is 2.56. The second-order valence-corrected chi connectivity index (χ2v) is 5.22. The van der Waals surface area contributed by atoms with E-state index in [1.807, 2.05) is 0 Å². The summed E-state index contributed by atoms with van der Waals surface area (Å²) in [4.78, 5) is 2.32. The molecule has 110 valence electrons. The summed E-state index contributed by atoms with van der Waals surface area (Å²) in [5.41, 5.74) is 1.23. The van der Waals surface area contributed by atoms with Crippen molar-refractivity contribution >= 4 is 0 Å². The second-order valence-electron chi connectivity index (χ2n) is 5.22. The van der Waals surface area contributed by atoms with E-state index in [-0.39, 0.29) is 0 Å². The van der Waals surface area contributed by atoms with Crippen LogP contribution in [0.15, 0.2) is 10.5 Å². The number of likely N-dealkylation sites (N-methyl/N-ethyl adjacent to an activating group) is 1. The number of hydrogen-bond donors (Lipinski definition) is 1. The van der Waals surface area contributed by atoms with Gasteiger partial charge in [0.05, 0.1) is 19.7 Å². The zero-order valence-corrected chi connectivity index (χ0v) is 13.0. The van der Waals surface area contributed by atoms with E-state index in [0.29, 0.717) is 6.04 Å². The molecule has 0 bridgehead atoms. The number of nitrogens with one attached hydrogen (secondary N) is 1. The van der Waals surface area contributed by atoms with Crippen LogP contribution in [-0.4, -0.2) is 37.7 Å². The summed E-state index contributed by atoms with van der Waals surface area (Å²) in [7, 11) is 1.74. The minimum absolute atomic E-state index is 0.474. The maximum absolute atomic E-state index is 5.93. The molecule has 1 aromatic rings.